The Labute approximate surface area is 156 Å². The fourth-order valence-electron chi connectivity index (χ4n) is 3.30. The van der Waals surface area contributed by atoms with Crippen LogP contribution in [0.2, 0.25) is 0 Å². The van der Waals surface area contributed by atoms with Crippen LogP contribution in [0.3, 0.4) is 0 Å². The highest BCUT2D eigenvalue weighted by Gasteiger charge is 2.28. The summed E-state index contributed by atoms with van der Waals surface area (Å²) in [6.45, 7) is 4.73. The summed E-state index contributed by atoms with van der Waals surface area (Å²) in [7, 11) is -0.103. The van der Waals surface area contributed by atoms with E-state index in [1.807, 2.05) is 14.1 Å². The molecule has 152 valence electrons. The van der Waals surface area contributed by atoms with Crippen molar-refractivity contribution in [1.82, 2.24) is 0 Å². The van der Waals surface area contributed by atoms with Gasteiger partial charge in [0.05, 0.1) is 20.1 Å². The first-order valence-electron chi connectivity index (χ1n) is 10.0. The first-order chi connectivity index (χ1) is 11.6. The van der Waals surface area contributed by atoms with Gasteiger partial charge < -0.3 is 9.59 Å². The summed E-state index contributed by atoms with van der Waals surface area (Å²) in [5, 5.41) is 9.86. The Bertz CT molecular complexity index is 423. The third-order valence-corrected chi connectivity index (χ3v) is 6.06. The van der Waals surface area contributed by atoms with Crippen molar-refractivity contribution < 1.29 is 22.6 Å². The Morgan fingerprint density at radius 2 is 1.32 bits per heavy atom. The Morgan fingerprint density at radius 3 is 1.76 bits per heavy atom. The fourth-order valence-corrected chi connectivity index (χ4v) is 3.89. The average molecular weight is 381 g/mol. The highest BCUT2D eigenvalue weighted by Crippen LogP contribution is 2.17. The molecule has 0 saturated heterocycles. The number of nitrogens with zero attached hydrogens (tertiary/aromatic N) is 1. The van der Waals surface area contributed by atoms with Gasteiger partial charge in [0, 0.05) is 0 Å². The molecule has 0 fully saturated rings. The van der Waals surface area contributed by atoms with Crippen molar-refractivity contribution >= 4 is 10.1 Å². The molecule has 2 unspecified atom stereocenters. The van der Waals surface area contributed by atoms with Crippen LogP contribution in [0.4, 0.5) is 0 Å². The molecule has 0 aliphatic heterocycles. The summed E-state index contributed by atoms with van der Waals surface area (Å²) in [5.74, 6) is -0.584. The number of hydrogen-bond donors (Lipinski definition) is 2. The number of likely N-dealkylation sites (N-methyl/N-ethyl adjacent to an activating group) is 1. The van der Waals surface area contributed by atoms with Crippen LogP contribution in [0.25, 0.3) is 0 Å². The van der Waals surface area contributed by atoms with Gasteiger partial charge in [0.15, 0.2) is 0 Å². The second-order valence-corrected chi connectivity index (χ2v) is 9.68. The number of unbranched alkanes of at least 4 members (excludes halogenated alkanes) is 9. The SMILES string of the molecule is CCCCCCCCCCCCC(C)[N+](C)(C)CC(O)CS(=O)(=O)O. The second-order valence-electron chi connectivity index (χ2n) is 8.18. The van der Waals surface area contributed by atoms with Crippen molar-refractivity contribution in [3.05, 3.63) is 0 Å². The quantitative estimate of drug-likeness (QED) is 0.241. The maximum absolute atomic E-state index is 10.9. The highest BCUT2D eigenvalue weighted by atomic mass is 32.2. The monoisotopic (exact) mass is 380 g/mol. The van der Waals surface area contributed by atoms with E-state index in [2.05, 4.69) is 13.8 Å². The summed E-state index contributed by atoms with van der Waals surface area (Å²) in [6.07, 6.45) is 13.2. The van der Waals surface area contributed by atoms with E-state index in [1.165, 1.54) is 64.2 Å². The molecule has 2 N–H and O–H groups in total. The minimum absolute atomic E-state index is 0.332. The van der Waals surface area contributed by atoms with Crippen molar-refractivity contribution in [3.8, 4) is 0 Å². The lowest BCUT2D eigenvalue weighted by Crippen LogP contribution is -2.52. The first-order valence-corrected chi connectivity index (χ1v) is 11.7. The summed E-state index contributed by atoms with van der Waals surface area (Å²) >= 11 is 0. The maximum Gasteiger partial charge on any atom is 0.267 e. The van der Waals surface area contributed by atoms with E-state index in [0.29, 0.717) is 17.1 Å². The fraction of sp³-hybridized carbons (Fsp3) is 1.00. The van der Waals surface area contributed by atoms with Crippen molar-refractivity contribution in [2.24, 2.45) is 0 Å². The molecule has 0 saturated carbocycles. The van der Waals surface area contributed by atoms with Crippen LogP contribution in [-0.2, 0) is 10.1 Å². The molecule has 0 aromatic rings. The Kier molecular flexibility index (Phi) is 13.0. The van der Waals surface area contributed by atoms with Crippen LogP contribution in [0.1, 0.15) is 84.5 Å². The third-order valence-electron chi connectivity index (χ3n) is 5.25. The molecule has 6 heteroatoms. The van der Waals surface area contributed by atoms with Gasteiger partial charge in [-0.1, -0.05) is 64.7 Å². The standard InChI is InChI=1S/C19H41NO4S/c1-5-6-7-8-9-10-11-12-13-14-15-18(2)20(3,4)16-19(21)17-25(22,23)24/h18-19,21H,5-17H2,1-4H3/p+1. The van der Waals surface area contributed by atoms with E-state index < -0.39 is 22.0 Å². The van der Waals surface area contributed by atoms with Gasteiger partial charge in [-0.2, -0.15) is 8.42 Å². The topological polar surface area (TPSA) is 74.6 Å². The molecule has 0 radical (unpaired) electrons. The molecule has 2 atom stereocenters. The molecule has 0 aliphatic carbocycles. The normalized spacial score (nSPS) is 15.3. The smallest absolute Gasteiger partial charge is 0.267 e. The van der Waals surface area contributed by atoms with E-state index in [-0.39, 0.29) is 0 Å². The van der Waals surface area contributed by atoms with Gasteiger partial charge in [0.2, 0.25) is 0 Å². The van der Waals surface area contributed by atoms with Crippen LogP contribution in [0.15, 0.2) is 0 Å². The van der Waals surface area contributed by atoms with Crippen LogP contribution >= 0.6 is 0 Å². The highest BCUT2D eigenvalue weighted by molar-refractivity contribution is 7.85. The van der Waals surface area contributed by atoms with Gasteiger partial charge in [-0.05, 0) is 19.8 Å². The molecule has 0 amide bonds. The Morgan fingerprint density at radius 1 is 0.880 bits per heavy atom. The van der Waals surface area contributed by atoms with Gasteiger partial charge in [0.1, 0.15) is 18.4 Å². The summed E-state index contributed by atoms with van der Waals surface area (Å²) in [5.41, 5.74) is 0. The van der Waals surface area contributed by atoms with Crippen LogP contribution in [-0.4, -0.2) is 61.1 Å². The number of aliphatic hydroxyl groups excluding tert-OH is 1. The maximum atomic E-state index is 10.9. The lowest BCUT2D eigenvalue weighted by molar-refractivity contribution is -0.916. The third kappa shape index (κ3) is 14.7. The van der Waals surface area contributed by atoms with Crippen molar-refractivity contribution in [3.63, 3.8) is 0 Å². The Hall–Kier alpha value is -0.170. The van der Waals surface area contributed by atoms with Crippen LogP contribution < -0.4 is 0 Å². The molecule has 0 spiro atoms. The molecule has 0 aliphatic rings. The largest absolute Gasteiger partial charge is 0.386 e. The van der Waals surface area contributed by atoms with E-state index in [0.717, 1.165) is 6.42 Å². The molecule has 0 aromatic heterocycles. The van der Waals surface area contributed by atoms with Gasteiger partial charge in [-0.15, -0.1) is 0 Å². The molecular formula is C19H42NO4S+. The predicted molar refractivity (Wildman–Crippen MR) is 105 cm³/mol. The molecule has 5 nitrogen and oxygen atoms in total. The zero-order valence-corrected chi connectivity index (χ0v) is 17.7. The summed E-state index contributed by atoms with van der Waals surface area (Å²) in [6, 6.07) is 0.352. The molecular weight excluding hydrogens is 338 g/mol. The number of aliphatic hydroxyl groups is 1. The number of hydrogen-bond acceptors (Lipinski definition) is 3. The second kappa shape index (κ2) is 13.1. The molecule has 0 heterocycles. The molecule has 0 bridgehead atoms. The van der Waals surface area contributed by atoms with Gasteiger partial charge in [-0.25, -0.2) is 0 Å². The van der Waals surface area contributed by atoms with E-state index >= 15 is 0 Å². The van der Waals surface area contributed by atoms with E-state index in [1.54, 1.807) is 0 Å². The molecule has 25 heavy (non-hydrogen) atoms. The van der Waals surface area contributed by atoms with Crippen molar-refractivity contribution in [1.29, 1.82) is 0 Å². The van der Waals surface area contributed by atoms with E-state index in [9.17, 15) is 13.5 Å². The average Bonchev–Trinajstić information content (AvgIpc) is 2.46. The minimum atomic E-state index is -4.12. The lowest BCUT2D eigenvalue weighted by Gasteiger charge is -2.37. The van der Waals surface area contributed by atoms with Gasteiger partial charge >= 0.3 is 0 Å². The number of rotatable bonds is 16. The predicted octanol–water partition coefficient (Wildman–Crippen LogP) is 4.01. The Balaban J connectivity index is 3.80. The van der Waals surface area contributed by atoms with Gasteiger partial charge in [0.25, 0.3) is 10.1 Å². The molecule has 0 rings (SSSR count). The molecule has 0 aromatic carbocycles. The zero-order valence-electron chi connectivity index (χ0n) is 16.9. The first kappa shape index (κ1) is 24.8. The lowest BCUT2D eigenvalue weighted by atomic mass is 10.0. The van der Waals surface area contributed by atoms with Gasteiger partial charge in [-0.3, -0.25) is 4.55 Å². The zero-order chi connectivity index (χ0) is 19.3. The van der Waals surface area contributed by atoms with Crippen molar-refractivity contribution in [2.45, 2.75) is 96.6 Å². The van der Waals surface area contributed by atoms with E-state index in [4.69, 9.17) is 4.55 Å². The summed E-state index contributed by atoms with van der Waals surface area (Å²) < 4.78 is 31.1. The minimum Gasteiger partial charge on any atom is -0.386 e. The van der Waals surface area contributed by atoms with Crippen LogP contribution in [0.5, 0.6) is 0 Å². The summed E-state index contributed by atoms with van der Waals surface area (Å²) in [4.78, 5) is 0. The van der Waals surface area contributed by atoms with Crippen LogP contribution in [0, 0.1) is 0 Å². The van der Waals surface area contributed by atoms with Crippen molar-refractivity contribution in [2.75, 3.05) is 26.4 Å². The number of quaternary nitrogens is 1.